The molecule has 0 saturated carbocycles. The Morgan fingerprint density at radius 1 is 1.47 bits per heavy atom. The molecule has 0 aliphatic rings. The van der Waals surface area contributed by atoms with Gasteiger partial charge in [0, 0.05) is 25.3 Å². The molecule has 0 amide bonds. The van der Waals surface area contributed by atoms with Crippen molar-refractivity contribution in [2.75, 3.05) is 18.5 Å². The van der Waals surface area contributed by atoms with Gasteiger partial charge in [-0.1, -0.05) is 0 Å². The van der Waals surface area contributed by atoms with E-state index >= 15 is 0 Å². The minimum absolute atomic E-state index is 0.246. The second kappa shape index (κ2) is 4.75. The zero-order valence-electron chi connectivity index (χ0n) is 10.7. The fourth-order valence-corrected chi connectivity index (χ4v) is 1.89. The van der Waals surface area contributed by atoms with Crippen LogP contribution < -0.4 is 10.6 Å². The molecule has 0 saturated heterocycles. The molecule has 0 aliphatic carbocycles. The smallest absolute Gasteiger partial charge is 0.104 e. The van der Waals surface area contributed by atoms with Crippen molar-refractivity contribution in [3.05, 3.63) is 24.0 Å². The minimum atomic E-state index is 0.246. The van der Waals surface area contributed by atoms with Crippen LogP contribution >= 0.6 is 0 Å². The molecule has 1 unspecified atom stereocenters. The van der Waals surface area contributed by atoms with Crippen molar-refractivity contribution in [2.45, 2.75) is 26.3 Å². The fraction of sp³-hybridized carbons (Fsp3) is 0.462. The number of hydrogen-bond acceptors (Lipinski definition) is 3. The van der Waals surface area contributed by atoms with E-state index in [1.165, 1.54) is 5.69 Å². The first-order valence-corrected chi connectivity index (χ1v) is 5.99. The fourth-order valence-electron chi connectivity index (χ4n) is 1.89. The van der Waals surface area contributed by atoms with E-state index in [2.05, 4.69) is 40.1 Å². The second-order valence-corrected chi connectivity index (χ2v) is 4.71. The molecular formula is C13H20N4. The Kier molecular flexibility index (Phi) is 3.33. The number of benzene rings is 1. The van der Waals surface area contributed by atoms with Crippen molar-refractivity contribution >= 4 is 16.7 Å². The third-order valence-electron chi connectivity index (χ3n) is 2.94. The highest BCUT2D eigenvalue weighted by molar-refractivity contribution is 5.79. The number of aryl methyl sites for hydroxylation is 1. The van der Waals surface area contributed by atoms with Crippen LogP contribution in [0.2, 0.25) is 0 Å². The number of nitrogens with one attached hydrogen (secondary N) is 1. The molecule has 3 N–H and O–H groups in total. The van der Waals surface area contributed by atoms with E-state index in [9.17, 15) is 0 Å². The summed E-state index contributed by atoms with van der Waals surface area (Å²) in [7, 11) is 2.09. The first-order chi connectivity index (χ1) is 8.06. The molecule has 0 aliphatic heterocycles. The molecule has 4 heteroatoms. The van der Waals surface area contributed by atoms with E-state index in [0.29, 0.717) is 0 Å². The summed E-state index contributed by atoms with van der Waals surface area (Å²) in [5.74, 6) is 0.954. The van der Waals surface area contributed by atoms with Gasteiger partial charge in [0.05, 0.1) is 11.0 Å². The first-order valence-electron chi connectivity index (χ1n) is 5.99. The summed E-state index contributed by atoms with van der Waals surface area (Å²) < 4.78 is 0. The predicted molar refractivity (Wildman–Crippen MR) is 72.4 cm³/mol. The number of aromatic amines is 1. The zero-order valence-corrected chi connectivity index (χ0v) is 10.7. The number of nitrogens with two attached hydrogens (primary N) is 1. The molecule has 0 spiro atoms. The van der Waals surface area contributed by atoms with Gasteiger partial charge in [0.1, 0.15) is 5.82 Å². The van der Waals surface area contributed by atoms with E-state index < -0.39 is 0 Å². The molecule has 1 atom stereocenters. The van der Waals surface area contributed by atoms with Crippen LogP contribution in [0.3, 0.4) is 0 Å². The lowest BCUT2D eigenvalue weighted by molar-refractivity contribution is 0.659. The Bertz CT molecular complexity index is 501. The topological polar surface area (TPSA) is 57.9 Å². The monoisotopic (exact) mass is 232 g/mol. The van der Waals surface area contributed by atoms with E-state index in [-0.39, 0.29) is 6.04 Å². The number of aromatic nitrogens is 2. The van der Waals surface area contributed by atoms with Crippen LogP contribution in [-0.2, 0) is 0 Å². The molecule has 1 heterocycles. The average molecular weight is 232 g/mol. The van der Waals surface area contributed by atoms with Gasteiger partial charge in [0.2, 0.25) is 0 Å². The normalized spacial score (nSPS) is 12.9. The summed E-state index contributed by atoms with van der Waals surface area (Å²) in [6.07, 6.45) is 0.997. The maximum absolute atomic E-state index is 5.77. The lowest BCUT2D eigenvalue weighted by Gasteiger charge is -2.20. The third kappa shape index (κ3) is 2.77. The van der Waals surface area contributed by atoms with Crippen LogP contribution in [0.1, 0.15) is 19.2 Å². The first kappa shape index (κ1) is 11.9. The SMILES string of the molecule is Cc1nc2ccc(N(C)CCC(C)N)cc2[nH]1. The van der Waals surface area contributed by atoms with E-state index in [4.69, 9.17) is 5.73 Å². The van der Waals surface area contributed by atoms with Gasteiger partial charge in [0.25, 0.3) is 0 Å². The van der Waals surface area contributed by atoms with E-state index in [0.717, 1.165) is 29.8 Å². The Balaban J connectivity index is 2.17. The number of fused-ring (bicyclic) bond motifs is 1. The summed E-state index contributed by atoms with van der Waals surface area (Å²) in [5.41, 5.74) is 9.08. The quantitative estimate of drug-likeness (QED) is 0.848. The van der Waals surface area contributed by atoms with Crippen LogP contribution in [0.4, 0.5) is 5.69 Å². The van der Waals surface area contributed by atoms with Crippen molar-refractivity contribution in [1.29, 1.82) is 0 Å². The Morgan fingerprint density at radius 3 is 2.94 bits per heavy atom. The molecule has 17 heavy (non-hydrogen) atoms. The van der Waals surface area contributed by atoms with Gasteiger partial charge >= 0.3 is 0 Å². The summed E-state index contributed by atoms with van der Waals surface area (Å²) in [5, 5.41) is 0. The molecule has 2 aromatic rings. The van der Waals surface area contributed by atoms with Crippen LogP contribution in [0.25, 0.3) is 11.0 Å². The lowest BCUT2D eigenvalue weighted by atomic mass is 10.2. The van der Waals surface area contributed by atoms with Crippen LogP contribution in [0, 0.1) is 6.92 Å². The molecule has 1 aromatic heterocycles. The number of nitrogens with zero attached hydrogens (tertiary/aromatic N) is 2. The van der Waals surface area contributed by atoms with Crippen molar-refractivity contribution < 1.29 is 0 Å². The lowest BCUT2D eigenvalue weighted by Crippen LogP contribution is -2.25. The zero-order chi connectivity index (χ0) is 12.4. The minimum Gasteiger partial charge on any atom is -0.374 e. The maximum atomic E-state index is 5.77. The standard InChI is InChI=1S/C13H20N4/c1-9(14)6-7-17(3)11-4-5-12-13(8-11)16-10(2)15-12/h4-5,8-9H,6-7,14H2,1-3H3,(H,15,16). The molecule has 4 nitrogen and oxygen atoms in total. The van der Waals surface area contributed by atoms with Crippen LogP contribution in [-0.4, -0.2) is 29.6 Å². The van der Waals surface area contributed by atoms with Crippen molar-refractivity contribution in [3.63, 3.8) is 0 Å². The summed E-state index contributed by atoms with van der Waals surface area (Å²) in [6.45, 7) is 4.98. The van der Waals surface area contributed by atoms with Gasteiger partial charge in [-0.05, 0) is 38.5 Å². The maximum Gasteiger partial charge on any atom is 0.104 e. The summed E-state index contributed by atoms with van der Waals surface area (Å²) >= 11 is 0. The van der Waals surface area contributed by atoms with Gasteiger partial charge in [0.15, 0.2) is 0 Å². The van der Waals surface area contributed by atoms with Crippen molar-refractivity contribution in [1.82, 2.24) is 9.97 Å². The Morgan fingerprint density at radius 2 is 2.24 bits per heavy atom. The summed E-state index contributed by atoms with van der Waals surface area (Å²) in [4.78, 5) is 9.87. The van der Waals surface area contributed by atoms with Crippen molar-refractivity contribution in [3.8, 4) is 0 Å². The van der Waals surface area contributed by atoms with Gasteiger partial charge in [-0.3, -0.25) is 0 Å². The number of imidazole rings is 1. The van der Waals surface area contributed by atoms with Crippen LogP contribution in [0.15, 0.2) is 18.2 Å². The van der Waals surface area contributed by atoms with E-state index in [1.54, 1.807) is 0 Å². The highest BCUT2D eigenvalue weighted by Crippen LogP contribution is 2.19. The Hall–Kier alpha value is -1.55. The number of hydrogen-bond donors (Lipinski definition) is 2. The van der Waals surface area contributed by atoms with Gasteiger partial charge in [-0.15, -0.1) is 0 Å². The predicted octanol–water partition coefficient (Wildman–Crippen LogP) is 2.04. The van der Waals surface area contributed by atoms with Crippen LogP contribution in [0.5, 0.6) is 0 Å². The molecule has 0 fully saturated rings. The highest BCUT2D eigenvalue weighted by atomic mass is 15.1. The molecule has 92 valence electrons. The molecule has 1 aromatic carbocycles. The number of H-pyrrole nitrogens is 1. The number of rotatable bonds is 4. The second-order valence-electron chi connectivity index (χ2n) is 4.71. The molecular weight excluding hydrogens is 212 g/mol. The van der Waals surface area contributed by atoms with E-state index in [1.807, 2.05) is 13.8 Å². The van der Waals surface area contributed by atoms with Crippen molar-refractivity contribution in [2.24, 2.45) is 5.73 Å². The number of anilines is 1. The third-order valence-corrected chi connectivity index (χ3v) is 2.94. The largest absolute Gasteiger partial charge is 0.374 e. The highest BCUT2D eigenvalue weighted by Gasteiger charge is 2.05. The molecule has 2 rings (SSSR count). The Labute approximate surface area is 102 Å². The summed E-state index contributed by atoms with van der Waals surface area (Å²) in [6, 6.07) is 6.53. The molecule has 0 bridgehead atoms. The van der Waals surface area contributed by atoms with Gasteiger partial charge in [-0.2, -0.15) is 0 Å². The van der Waals surface area contributed by atoms with Gasteiger partial charge in [-0.25, -0.2) is 4.98 Å². The molecule has 0 radical (unpaired) electrons. The average Bonchev–Trinajstić information content (AvgIpc) is 2.64. The van der Waals surface area contributed by atoms with Gasteiger partial charge < -0.3 is 15.6 Å².